The maximum atomic E-state index is 11.7. The molecule has 0 radical (unpaired) electrons. The molecule has 5 rings (SSSR count). The van der Waals surface area contributed by atoms with Crippen LogP contribution in [0.4, 0.5) is 0 Å². The van der Waals surface area contributed by atoms with Crippen molar-refractivity contribution >= 4 is 25.1 Å². The molecular weight excluding hydrogens is 376 g/mol. The predicted molar refractivity (Wildman–Crippen MR) is 97.9 cm³/mol. The quantitative estimate of drug-likeness (QED) is 0.570. The van der Waals surface area contributed by atoms with Crippen LogP contribution in [0.1, 0.15) is 43.5 Å². The Morgan fingerprint density at radius 2 is 1.19 bits per heavy atom. The van der Waals surface area contributed by atoms with E-state index in [0.29, 0.717) is 12.9 Å². The Morgan fingerprint density at radius 1 is 0.741 bits per heavy atom. The van der Waals surface area contributed by atoms with Crippen LogP contribution < -0.4 is 0 Å². The van der Waals surface area contributed by atoms with Crippen LogP contribution in [0.25, 0.3) is 12.2 Å². The number of rotatable bonds is 4. The summed E-state index contributed by atoms with van der Waals surface area (Å²) in [7, 11) is 0. The van der Waals surface area contributed by atoms with E-state index in [9.17, 15) is 9.59 Å². The Balaban J connectivity index is 1.78. The van der Waals surface area contributed by atoms with Crippen LogP contribution in [0.15, 0.2) is 59.7 Å². The molecule has 5 heteroatoms. The third-order valence-electron chi connectivity index (χ3n) is 6.01. The van der Waals surface area contributed by atoms with Crippen molar-refractivity contribution in [3.05, 3.63) is 81.9 Å². The van der Waals surface area contributed by atoms with Crippen molar-refractivity contribution < 1.29 is 33.6 Å². The minimum atomic E-state index is -4.05. The number of fused-ring (bicyclic) bond motifs is 6. The summed E-state index contributed by atoms with van der Waals surface area (Å²) in [6, 6.07) is 16.3. The Kier molecular flexibility index (Phi) is 3.92. The fourth-order valence-corrected chi connectivity index (χ4v) is 11.5. The average Bonchev–Trinajstić information content (AvgIpc) is 3.21. The van der Waals surface area contributed by atoms with Crippen molar-refractivity contribution in [2.24, 2.45) is 0 Å². The van der Waals surface area contributed by atoms with E-state index < -0.39 is 17.4 Å². The van der Waals surface area contributed by atoms with Gasteiger partial charge in [-0.1, -0.05) is 0 Å². The third kappa shape index (κ3) is 2.33. The van der Waals surface area contributed by atoms with Crippen molar-refractivity contribution in [1.82, 2.24) is 0 Å². The van der Waals surface area contributed by atoms with Gasteiger partial charge in [0.15, 0.2) is 0 Å². The van der Waals surface area contributed by atoms with Gasteiger partial charge in [0.05, 0.1) is 0 Å². The molecule has 3 aliphatic rings. The van der Waals surface area contributed by atoms with Gasteiger partial charge in [0.2, 0.25) is 0 Å². The first-order valence-corrected chi connectivity index (χ1v) is 12.2. The first kappa shape index (κ1) is 16.7. The molecule has 1 saturated heterocycles. The topological polar surface area (TPSA) is 52.6 Å². The standard InChI is InChI=1S/C20H16.2CH2O2.Ti/c1-2-6-18-12-15(11-17(18)5-1)9-10-16-13-19-7-3-4-8-20(19)14-16;2*2-1-3;/h1-8,11-14H,9-10H2;2*1H,(H,2,3);/q;;;+2/p-2. The molecule has 2 aromatic carbocycles. The van der Waals surface area contributed by atoms with E-state index in [0.717, 1.165) is 35.1 Å². The predicted octanol–water partition coefficient (Wildman–Crippen LogP) is 4.39. The van der Waals surface area contributed by atoms with E-state index in [-0.39, 0.29) is 8.45 Å². The summed E-state index contributed by atoms with van der Waals surface area (Å²) in [6.45, 7) is 0.984. The average molecular weight is 394 g/mol. The number of hydrogen-bond acceptors (Lipinski definition) is 4. The third-order valence-corrected chi connectivity index (χ3v) is 12.1. The molecule has 2 aromatic rings. The molecule has 2 atom stereocenters. The van der Waals surface area contributed by atoms with E-state index in [2.05, 4.69) is 36.4 Å². The van der Waals surface area contributed by atoms with Crippen molar-refractivity contribution in [2.45, 2.75) is 21.3 Å². The number of hydrogen-bond donors (Lipinski definition) is 0. The Labute approximate surface area is 161 Å². The van der Waals surface area contributed by atoms with Crippen molar-refractivity contribution in [2.75, 3.05) is 0 Å². The molecule has 1 heterocycles. The number of carbonyl (C=O) groups is 2. The van der Waals surface area contributed by atoms with Gasteiger partial charge in [-0.25, -0.2) is 0 Å². The van der Waals surface area contributed by atoms with E-state index >= 15 is 0 Å². The fourth-order valence-electron chi connectivity index (χ4n) is 5.07. The Morgan fingerprint density at radius 3 is 1.63 bits per heavy atom. The van der Waals surface area contributed by atoms with Crippen molar-refractivity contribution in [1.29, 1.82) is 0 Å². The van der Waals surface area contributed by atoms with E-state index in [1.807, 2.05) is 24.3 Å². The zero-order valence-corrected chi connectivity index (χ0v) is 16.2. The molecule has 134 valence electrons. The van der Waals surface area contributed by atoms with Crippen LogP contribution in [-0.4, -0.2) is 12.9 Å². The van der Waals surface area contributed by atoms with Crippen LogP contribution >= 0.6 is 0 Å². The molecule has 0 aromatic heterocycles. The van der Waals surface area contributed by atoms with E-state index in [1.165, 1.54) is 11.1 Å². The van der Waals surface area contributed by atoms with E-state index in [4.69, 9.17) is 6.64 Å². The summed E-state index contributed by atoms with van der Waals surface area (Å²) in [4.78, 5) is 23.3. The number of benzene rings is 2. The maximum absolute atomic E-state index is 11.7. The molecule has 0 bridgehead atoms. The normalized spacial score (nSPS) is 23.6. The van der Waals surface area contributed by atoms with Crippen LogP contribution in [0.2, 0.25) is 0 Å². The van der Waals surface area contributed by atoms with Gasteiger partial charge in [0.1, 0.15) is 0 Å². The molecule has 2 aliphatic carbocycles. The first-order chi connectivity index (χ1) is 13.3. The monoisotopic (exact) mass is 394 g/mol. The molecular formula is C22H18O4Ti. The van der Waals surface area contributed by atoms with E-state index in [1.54, 1.807) is 0 Å². The zero-order valence-electron chi connectivity index (χ0n) is 14.6. The Hall–Kier alpha value is -2.43. The molecule has 4 nitrogen and oxygen atoms in total. The first-order valence-electron chi connectivity index (χ1n) is 9.10. The second-order valence-corrected chi connectivity index (χ2v) is 12.0. The Bertz CT molecular complexity index is 925. The molecule has 0 saturated carbocycles. The van der Waals surface area contributed by atoms with Crippen molar-refractivity contribution in [3.8, 4) is 0 Å². The zero-order chi connectivity index (χ0) is 18.4. The van der Waals surface area contributed by atoms with Gasteiger partial charge in [-0.15, -0.1) is 0 Å². The van der Waals surface area contributed by atoms with Crippen LogP contribution in [0.3, 0.4) is 0 Å². The van der Waals surface area contributed by atoms with Gasteiger partial charge < -0.3 is 0 Å². The molecule has 0 amide bonds. The second kappa shape index (κ2) is 6.33. The summed E-state index contributed by atoms with van der Waals surface area (Å²) >= 11 is -4.05. The summed E-state index contributed by atoms with van der Waals surface area (Å²) in [5, 5.41) is 0. The van der Waals surface area contributed by atoms with Gasteiger partial charge in [-0.3, -0.25) is 0 Å². The second-order valence-electron chi connectivity index (χ2n) is 7.21. The minimum absolute atomic E-state index is 0.126. The van der Waals surface area contributed by atoms with Crippen LogP contribution in [0, 0.1) is 0 Å². The SMILES string of the molecule is O=C[O][Ti]1([O]C=O)[CH]2C(=Cc3ccccc32)CCC2=Cc3ccccc3[CH]21. The molecule has 27 heavy (non-hydrogen) atoms. The molecule has 1 fully saturated rings. The fraction of sp³-hybridized carbons (Fsp3) is 0.182. The van der Waals surface area contributed by atoms with Gasteiger partial charge in [0, 0.05) is 0 Å². The van der Waals surface area contributed by atoms with Gasteiger partial charge >= 0.3 is 162 Å². The summed E-state index contributed by atoms with van der Waals surface area (Å²) in [5.74, 6) is 0. The van der Waals surface area contributed by atoms with Crippen LogP contribution in [-0.2, 0) is 33.6 Å². The summed E-state index contributed by atoms with van der Waals surface area (Å²) in [6.07, 6.45) is 6.14. The van der Waals surface area contributed by atoms with Crippen molar-refractivity contribution in [3.63, 3.8) is 0 Å². The molecule has 0 spiro atoms. The van der Waals surface area contributed by atoms with Crippen LogP contribution in [0.5, 0.6) is 0 Å². The molecule has 0 N–H and O–H groups in total. The summed E-state index contributed by atoms with van der Waals surface area (Å²) in [5.41, 5.74) is 6.93. The molecule has 2 unspecified atom stereocenters. The van der Waals surface area contributed by atoms with Gasteiger partial charge in [-0.2, -0.15) is 0 Å². The van der Waals surface area contributed by atoms with Gasteiger partial charge in [0.25, 0.3) is 0 Å². The number of carbonyl (C=O) groups excluding carboxylic acids is 2. The summed E-state index contributed by atoms with van der Waals surface area (Å²) < 4.78 is 11.6. The van der Waals surface area contributed by atoms with Gasteiger partial charge in [-0.05, 0) is 0 Å². The molecule has 1 aliphatic heterocycles. The number of allylic oxidation sites excluding steroid dienone is 2.